The maximum absolute atomic E-state index is 4.25. The smallest absolute Gasteiger partial charge is 0.148 e. The largest absolute Gasteiger partial charge is 0.339 e. The Morgan fingerprint density at radius 3 is 2.33 bits per heavy atom. The summed E-state index contributed by atoms with van der Waals surface area (Å²) in [6, 6.07) is 9.74. The minimum absolute atomic E-state index is 0.716. The molecule has 1 aromatic heterocycles. The molecule has 0 radical (unpaired) electrons. The van der Waals surface area contributed by atoms with Crippen molar-refractivity contribution in [1.29, 1.82) is 0 Å². The Morgan fingerprint density at radius 2 is 1.67 bits per heavy atom. The maximum atomic E-state index is 4.25. The van der Waals surface area contributed by atoms with Crippen molar-refractivity contribution in [2.45, 2.75) is 50.5 Å². The summed E-state index contributed by atoms with van der Waals surface area (Å²) in [7, 11) is 0. The Morgan fingerprint density at radius 1 is 0.917 bits per heavy atom. The summed E-state index contributed by atoms with van der Waals surface area (Å²) in [5, 5.41) is 3.30. The number of likely N-dealkylation sites (tertiary alicyclic amines) is 1. The van der Waals surface area contributed by atoms with E-state index in [-0.39, 0.29) is 0 Å². The highest BCUT2D eigenvalue weighted by Gasteiger charge is 2.27. The number of nitrogens with zero attached hydrogens (tertiary/aromatic N) is 3. The van der Waals surface area contributed by atoms with Gasteiger partial charge in [0.25, 0.3) is 0 Å². The molecular weight excluding hydrogens is 296 g/mol. The minimum atomic E-state index is 0.716. The lowest BCUT2D eigenvalue weighted by molar-refractivity contribution is 0.154. The van der Waals surface area contributed by atoms with Crippen molar-refractivity contribution in [2.24, 2.45) is 0 Å². The zero-order valence-corrected chi connectivity index (χ0v) is 14.2. The van der Waals surface area contributed by atoms with Crippen LogP contribution in [0, 0.1) is 0 Å². The fraction of sp³-hybridized carbons (Fsp3) is 0.500. The average molecular weight is 322 g/mol. The van der Waals surface area contributed by atoms with Crippen LogP contribution in [0.25, 0.3) is 0 Å². The van der Waals surface area contributed by atoms with Crippen molar-refractivity contribution in [2.75, 3.05) is 18.4 Å². The number of piperidine rings is 1. The monoisotopic (exact) mass is 322 g/mol. The number of nitrogens with one attached hydrogen (secondary N) is 1. The molecule has 0 spiro atoms. The van der Waals surface area contributed by atoms with Crippen LogP contribution in [-0.2, 0) is 0 Å². The summed E-state index contributed by atoms with van der Waals surface area (Å²) in [5.74, 6) is 1.50. The molecule has 0 bridgehead atoms. The predicted molar refractivity (Wildman–Crippen MR) is 97.6 cm³/mol. The molecule has 4 nitrogen and oxygen atoms in total. The summed E-state index contributed by atoms with van der Waals surface area (Å²) in [6.07, 6.45) is 13.4. The van der Waals surface area contributed by atoms with Gasteiger partial charge in [-0.2, -0.15) is 0 Å². The first-order valence-electron chi connectivity index (χ1n) is 9.25. The van der Waals surface area contributed by atoms with Gasteiger partial charge in [-0.05, 0) is 62.4 Å². The number of benzene rings is 1. The lowest BCUT2D eigenvalue weighted by Crippen LogP contribution is -2.39. The second-order valence-electron chi connectivity index (χ2n) is 7.09. The predicted octanol–water partition coefficient (Wildman–Crippen LogP) is 4.34. The fourth-order valence-electron chi connectivity index (χ4n) is 4.22. The first-order chi connectivity index (χ1) is 11.9. The number of hydrogen-bond acceptors (Lipinski definition) is 4. The molecule has 2 aliphatic rings. The van der Waals surface area contributed by atoms with Gasteiger partial charge in [0.2, 0.25) is 0 Å². The molecule has 126 valence electrons. The standard InChI is InChI=1S/C20H26N4/c1-2-4-19(3-1)24-13-9-17(10-14-24)16-5-7-18(8-6-16)23-20-15-21-11-12-22-20/h5-8,11-12,15,17,19H,1-4,9-10,13-14H2,(H,22,23). The average Bonchev–Trinajstić information content (AvgIpc) is 3.18. The van der Waals surface area contributed by atoms with Gasteiger partial charge in [-0.1, -0.05) is 25.0 Å². The molecule has 4 rings (SSSR count). The molecule has 24 heavy (non-hydrogen) atoms. The van der Waals surface area contributed by atoms with E-state index in [1.54, 1.807) is 18.6 Å². The summed E-state index contributed by atoms with van der Waals surface area (Å²) in [5.41, 5.74) is 2.55. The molecule has 1 saturated heterocycles. The Labute approximate surface area is 144 Å². The molecule has 4 heteroatoms. The molecule has 2 aromatic rings. The van der Waals surface area contributed by atoms with Gasteiger partial charge >= 0.3 is 0 Å². The van der Waals surface area contributed by atoms with Crippen LogP contribution in [0.5, 0.6) is 0 Å². The zero-order chi connectivity index (χ0) is 16.2. The van der Waals surface area contributed by atoms with E-state index in [2.05, 4.69) is 44.5 Å². The molecule has 2 heterocycles. The van der Waals surface area contributed by atoms with Gasteiger partial charge in [0.15, 0.2) is 0 Å². The van der Waals surface area contributed by atoms with E-state index in [0.717, 1.165) is 17.5 Å². The van der Waals surface area contributed by atoms with Crippen LogP contribution < -0.4 is 5.32 Å². The molecule has 0 amide bonds. The van der Waals surface area contributed by atoms with Crippen molar-refractivity contribution >= 4 is 11.5 Å². The normalized spacial score (nSPS) is 20.3. The molecule has 1 saturated carbocycles. The topological polar surface area (TPSA) is 41.1 Å². The van der Waals surface area contributed by atoms with Gasteiger partial charge in [-0.15, -0.1) is 0 Å². The summed E-state index contributed by atoms with van der Waals surface area (Å²) < 4.78 is 0. The van der Waals surface area contributed by atoms with Gasteiger partial charge in [0.05, 0.1) is 6.20 Å². The lowest BCUT2D eigenvalue weighted by atomic mass is 9.88. The molecule has 1 aliphatic heterocycles. The molecule has 1 aromatic carbocycles. The highest BCUT2D eigenvalue weighted by molar-refractivity contribution is 5.55. The second kappa shape index (κ2) is 7.31. The number of hydrogen-bond donors (Lipinski definition) is 1. The Balaban J connectivity index is 1.34. The van der Waals surface area contributed by atoms with Crippen molar-refractivity contribution in [3.05, 3.63) is 48.4 Å². The molecule has 0 atom stereocenters. The fourth-order valence-corrected chi connectivity index (χ4v) is 4.22. The van der Waals surface area contributed by atoms with Gasteiger partial charge in [0, 0.05) is 24.1 Å². The van der Waals surface area contributed by atoms with Gasteiger partial charge in [0.1, 0.15) is 5.82 Å². The van der Waals surface area contributed by atoms with Crippen molar-refractivity contribution in [3.63, 3.8) is 0 Å². The van der Waals surface area contributed by atoms with Crippen LogP contribution in [0.15, 0.2) is 42.9 Å². The molecule has 1 N–H and O–H groups in total. The minimum Gasteiger partial charge on any atom is -0.339 e. The van der Waals surface area contributed by atoms with E-state index in [0.29, 0.717) is 5.92 Å². The Kier molecular flexibility index (Phi) is 4.74. The van der Waals surface area contributed by atoms with Crippen LogP contribution in [0.3, 0.4) is 0 Å². The van der Waals surface area contributed by atoms with E-state index < -0.39 is 0 Å². The third-order valence-corrected chi connectivity index (χ3v) is 5.59. The lowest BCUT2D eigenvalue weighted by Gasteiger charge is -2.36. The van der Waals surface area contributed by atoms with Gasteiger partial charge in [-0.3, -0.25) is 4.98 Å². The third-order valence-electron chi connectivity index (χ3n) is 5.59. The van der Waals surface area contributed by atoms with E-state index in [1.165, 1.54) is 57.2 Å². The number of aromatic nitrogens is 2. The number of rotatable bonds is 4. The molecule has 2 fully saturated rings. The van der Waals surface area contributed by atoms with Crippen LogP contribution in [-0.4, -0.2) is 34.0 Å². The van der Waals surface area contributed by atoms with Crippen LogP contribution in [0.1, 0.15) is 50.0 Å². The van der Waals surface area contributed by atoms with Crippen LogP contribution in [0.2, 0.25) is 0 Å². The van der Waals surface area contributed by atoms with Gasteiger partial charge < -0.3 is 10.2 Å². The molecule has 1 aliphatic carbocycles. The first-order valence-corrected chi connectivity index (χ1v) is 9.25. The summed E-state index contributed by atoms with van der Waals surface area (Å²) in [6.45, 7) is 2.55. The van der Waals surface area contributed by atoms with Crippen LogP contribution in [0.4, 0.5) is 11.5 Å². The van der Waals surface area contributed by atoms with E-state index >= 15 is 0 Å². The quantitative estimate of drug-likeness (QED) is 0.909. The van der Waals surface area contributed by atoms with Crippen molar-refractivity contribution < 1.29 is 0 Å². The first kappa shape index (κ1) is 15.6. The Bertz CT molecular complexity index is 626. The van der Waals surface area contributed by atoms with Crippen molar-refractivity contribution in [1.82, 2.24) is 14.9 Å². The van der Waals surface area contributed by atoms with Gasteiger partial charge in [-0.25, -0.2) is 4.98 Å². The summed E-state index contributed by atoms with van der Waals surface area (Å²) in [4.78, 5) is 11.1. The highest BCUT2D eigenvalue weighted by Crippen LogP contribution is 2.33. The highest BCUT2D eigenvalue weighted by atomic mass is 15.2. The zero-order valence-electron chi connectivity index (χ0n) is 14.2. The van der Waals surface area contributed by atoms with Crippen molar-refractivity contribution in [3.8, 4) is 0 Å². The maximum Gasteiger partial charge on any atom is 0.148 e. The Hall–Kier alpha value is -1.94. The van der Waals surface area contributed by atoms with E-state index in [9.17, 15) is 0 Å². The second-order valence-corrected chi connectivity index (χ2v) is 7.09. The summed E-state index contributed by atoms with van der Waals surface area (Å²) >= 11 is 0. The van der Waals surface area contributed by atoms with Crippen LogP contribution >= 0.6 is 0 Å². The number of anilines is 2. The van der Waals surface area contributed by atoms with E-state index in [1.807, 2.05) is 0 Å². The third kappa shape index (κ3) is 3.59. The van der Waals surface area contributed by atoms with E-state index in [4.69, 9.17) is 0 Å². The molecular formula is C20H26N4. The molecule has 0 unspecified atom stereocenters. The SMILES string of the molecule is c1cnc(Nc2ccc(C3CCN(C4CCCC4)CC3)cc2)cn1.